The summed E-state index contributed by atoms with van der Waals surface area (Å²) >= 11 is 0. The van der Waals surface area contributed by atoms with Crippen molar-refractivity contribution in [1.29, 1.82) is 0 Å². The topological polar surface area (TPSA) is 16.4 Å². The Hall–Kier alpha value is -8.46. The first-order chi connectivity index (χ1) is 31.7. The molecule has 1 aromatic heterocycles. The molecule has 2 nitrogen and oxygen atoms in total. The van der Waals surface area contributed by atoms with E-state index in [4.69, 9.17) is 4.42 Å². The highest BCUT2D eigenvalue weighted by atomic mass is 16.3. The molecule has 0 bridgehead atoms. The van der Waals surface area contributed by atoms with Gasteiger partial charge in [0.05, 0.1) is 16.8 Å². The van der Waals surface area contributed by atoms with E-state index in [1.165, 1.54) is 38.2 Å². The van der Waals surface area contributed by atoms with Gasteiger partial charge in [-0.2, -0.15) is 0 Å². The third kappa shape index (κ3) is 6.52. The molecule has 2 heteroatoms. The minimum absolute atomic E-state index is 0.853. The summed E-state index contributed by atoms with van der Waals surface area (Å²) < 4.78 is 7.07. The molecule has 0 aliphatic rings. The molecular weight excluding hydrogens is 775 g/mol. The Bertz CT molecular complexity index is 3650. The lowest BCUT2D eigenvalue weighted by Crippen LogP contribution is -2.12. The van der Waals surface area contributed by atoms with Crippen molar-refractivity contribution < 1.29 is 4.42 Å². The number of para-hydroxylation sites is 1. The molecule has 1 heterocycles. The van der Waals surface area contributed by atoms with Gasteiger partial charge in [0.25, 0.3) is 0 Å². The summed E-state index contributed by atoms with van der Waals surface area (Å²) in [6.07, 6.45) is 0. The van der Waals surface area contributed by atoms with Crippen LogP contribution in [0, 0.1) is 0 Å². The highest BCUT2D eigenvalue weighted by Gasteiger charge is 2.25. The molecule has 0 radical (unpaired) electrons. The predicted molar refractivity (Wildman–Crippen MR) is 271 cm³/mol. The van der Waals surface area contributed by atoms with Crippen LogP contribution in [0.4, 0.5) is 17.1 Å². The zero-order chi connectivity index (χ0) is 42.4. The van der Waals surface area contributed by atoms with Crippen molar-refractivity contribution in [3.8, 4) is 55.6 Å². The molecule has 64 heavy (non-hydrogen) atoms. The number of hydrogen-bond donors (Lipinski definition) is 0. The number of benzene rings is 11. The van der Waals surface area contributed by atoms with Crippen LogP contribution >= 0.6 is 0 Å². The Labute approximate surface area is 372 Å². The van der Waals surface area contributed by atoms with E-state index in [-0.39, 0.29) is 0 Å². The second kappa shape index (κ2) is 15.8. The van der Waals surface area contributed by atoms with Crippen LogP contribution in [0.1, 0.15) is 0 Å². The van der Waals surface area contributed by atoms with E-state index in [9.17, 15) is 0 Å². The predicted octanol–water partition coefficient (Wildman–Crippen LogP) is 17.7. The summed E-state index contributed by atoms with van der Waals surface area (Å²) in [5.74, 6) is 0. The van der Waals surface area contributed by atoms with Gasteiger partial charge >= 0.3 is 0 Å². The average Bonchev–Trinajstić information content (AvgIpc) is 3.77. The number of furan rings is 1. The molecule has 0 aliphatic carbocycles. The minimum Gasteiger partial charge on any atom is -0.455 e. The lowest BCUT2D eigenvalue weighted by Gasteiger charge is -2.30. The lowest BCUT2D eigenvalue weighted by molar-refractivity contribution is 0.670. The van der Waals surface area contributed by atoms with Crippen molar-refractivity contribution in [2.75, 3.05) is 4.90 Å². The lowest BCUT2D eigenvalue weighted by atomic mass is 9.91. The van der Waals surface area contributed by atoms with Gasteiger partial charge in [-0.3, -0.25) is 0 Å². The van der Waals surface area contributed by atoms with E-state index in [1.54, 1.807) is 0 Å². The van der Waals surface area contributed by atoms with E-state index in [0.29, 0.717) is 0 Å². The first kappa shape index (κ1) is 37.3. The molecular formula is C62H41NO. The zero-order valence-corrected chi connectivity index (χ0v) is 35.0. The number of fused-ring (bicyclic) bond motifs is 6. The number of rotatable bonds is 8. The van der Waals surface area contributed by atoms with E-state index < -0.39 is 0 Å². The first-order valence-corrected chi connectivity index (χ1v) is 21.9. The zero-order valence-electron chi connectivity index (χ0n) is 35.0. The molecule has 0 saturated heterocycles. The van der Waals surface area contributed by atoms with Crippen LogP contribution in [-0.2, 0) is 0 Å². The Kier molecular flexibility index (Phi) is 9.20. The molecule has 0 spiro atoms. The fourth-order valence-electron chi connectivity index (χ4n) is 9.59. The molecule has 0 N–H and O–H groups in total. The third-order valence-corrected chi connectivity index (χ3v) is 12.7. The molecule has 0 unspecified atom stereocenters. The smallest absolute Gasteiger partial charge is 0.145 e. The Morgan fingerprint density at radius 1 is 0.281 bits per heavy atom. The highest BCUT2D eigenvalue weighted by molar-refractivity contribution is 6.21. The SMILES string of the molecule is c1ccc(-c2ccc(-c3cccc(N(c4ccc(-c5ccccc5)cc4-c4ccccc4)c4ccc(-c5cc6ccccc6c6ccccc56)c5oc6ccccc6c45)c3)cc2)cc1. The molecule has 0 saturated carbocycles. The maximum atomic E-state index is 7.07. The Morgan fingerprint density at radius 2 is 0.797 bits per heavy atom. The fourth-order valence-corrected chi connectivity index (χ4v) is 9.59. The fraction of sp³-hybridized carbons (Fsp3) is 0. The summed E-state index contributed by atoms with van der Waals surface area (Å²) in [6.45, 7) is 0. The van der Waals surface area contributed by atoms with Crippen LogP contribution in [0.5, 0.6) is 0 Å². The van der Waals surface area contributed by atoms with E-state index in [1.807, 2.05) is 0 Å². The van der Waals surface area contributed by atoms with Gasteiger partial charge in [0, 0.05) is 22.2 Å². The summed E-state index contributed by atoms with van der Waals surface area (Å²) in [6, 6.07) is 89.6. The minimum atomic E-state index is 0.853. The van der Waals surface area contributed by atoms with Gasteiger partial charge in [-0.25, -0.2) is 0 Å². The van der Waals surface area contributed by atoms with Gasteiger partial charge in [-0.15, -0.1) is 0 Å². The molecule has 12 rings (SSSR count). The normalized spacial score (nSPS) is 11.4. The third-order valence-electron chi connectivity index (χ3n) is 12.7. The molecule has 0 atom stereocenters. The van der Waals surface area contributed by atoms with Crippen molar-refractivity contribution in [3.63, 3.8) is 0 Å². The summed E-state index contributed by atoms with van der Waals surface area (Å²) in [5, 5.41) is 7.00. The van der Waals surface area contributed by atoms with Gasteiger partial charge in [-0.05, 0) is 115 Å². The quantitative estimate of drug-likeness (QED) is 0.142. The Balaban J connectivity index is 1.13. The molecule has 12 aromatic rings. The molecule has 0 amide bonds. The molecule has 0 fully saturated rings. The number of anilines is 3. The van der Waals surface area contributed by atoms with Gasteiger partial charge in [0.15, 0.2) is 0 Å². The second-order valence-electron chi connectivity index (χ2n) is 16.4. The monoisotopic (exact) mass is 815 g/mol. The van der Waals surface area contributed by atoms with E-state index in [2.05, 4.69) is 254 Å². The summed E-state index contributed by atoms with van der Waals surface area (Å²) in [4.78, 5) is 2.45. The van der Waals surface area contributed by atoms with E-state index >= 15 is 0 Å². The van der Waals surface area contributed by atoms with Gasteiger partial charge in [0.1, 0.15) is 11.2 Å². The summed E-state index contributed by atoms with van der Waals surface area (Å²) in [7, 11) is 0. The average molecular weight is 816 g/mol. The van der Waals surface area contributed by atoms with Crippen molar-refractivity contribution >= 4 is 60.5 Å². The van der Waals surface area contributed by atoms with Crippen LogP contribution < -0.4 is 4.90 Å². The Morgan fingerprint density at radius 3 is 1.53 bits per heavy atom. The van der Waals surface area contributed by atoms with Crippen molar-refractivity contribution in [3.05, 3.63) is 249 Å². The van der Waals surface area contributed by atoms with E-state index in [0.717, 1.165) is 77.9 Å². The van der Waals surface area contributed by atoms with Crippen LogP contribution in [0.3, 0.4) is 0 Å². The van der Waals surface area contributed by atoms with Crippen LogP contribution in [0.25, 0.3) is 99.1 Å². The van der Waals surface area contributed by atoms with Gasteiger partial charge in [-0.1, -0.05) is 200 Å². The van der Waals surface area contributed by atoms with Crippen LogP contribution in [0.2, 0.25) is 0 Å². The molecule has 300 valence electrons. The van der Waals surface area contributed by atoms with Crippen molar-refractivity contribution in [2.24, 2.45) is 0 Å². The maximum Gasteiger partial charge on any atom is 0.145 e. The molecule has 11 aromatic carbocycles. The first-order valence-electron chi connectivity index (χ1n) is 21.9. The van der Waals surface area contributed by atoms with Gasteiger partial charge in [0.2, 0.25) is 0 Å². The number of nitrogens with zero attached hydrogens (tertiary/aromatic N) is 1. The van der Waals surface area contributed by atoms with Crippen molar-refractivity contribution in [2.45, 2.75) is 0 Å². The maximum absolute atomic E-state index is 7.07. The largest absolute Gasteiger partial charge is 0.455 e. The standard InChI is InChI=1S/C62H41NO/c1-4-17-42(18-5-1)44-31-33-45(34-32-44)47-24-16-25-50(39-47)63(58-37-35-48(43-19-6-2-7-20-43)40-56(58)46-21-8-3-9-22-46)59-38-36-54(62-61(59)55-29-14-15-30-60(55)64-62)57-41-49-23-10-11-26-51(49)52-27-12-13-28-53(52)57/h1-41H. The van der Waals surface area contributed by atoms with Crippen LogP contribution in [-0.4, -0.2) is 0 Å². The van der Waals surface area contributed by atoms with Crippen LogP contribution in [0.15, 0.2) is 253 Å². The highest BCUT2D eigenvalue weighted by Crippen LogP contribution is 2.50. The number of hydrogen-bond acceptors (Lipinski definition) is 2. The van der Waals surface area contributed by atoms with Crippen molar-refractivity contribution in [1.82, 2.24) is 0 Å². The summed E-state index contributed by atoms with van der Waals surface area (Å²) in [5.41, 5.74) is 16.4. The van der Waals surface area contributed by atoms with Gasteiger partial charge < -0.3 is 9.32 Å². The second-order valence-corrected chi connectivity index (χ2v) is 16.4. The molecule has 0 aliphatic heterocycles.